The lowest BCUT2D eigenvalue weighted by molar-refractivity contribution is -0.117. The molecule has 23 heavy (non-hydrogen) atoms. The van der Waals surface area contributed by atoms with Gasteiger partial charge in [-0.05, 0) is 69.6 Å². The smallest absolute Gasteiger partial charge is 0.251 e. The van der Waals surface area contributed by atoms with Crippen LogP contribution in [0.4, 0.5) is 5.69 Å². The van der Waals surface area contributed by atoms with Crippen LogP contribution in [-0.2, 0) is 4.79 Å². The molecule has 1 aromatic rings. The van der Waals surface area contributed by atoms with Gasteiger partial charge in [0.15, 0.2) is 0 Å². The summed E-state index contributed by atoms with van der Waals surface area (Å²) in [5, 5.41) is 2.97. The van der Waals surface area contributed by atoms with Crippen molar-refractivity contribution in [1.82, 2.24) is 10.2 Å². The Hall–Kier alpha value is -1.88. The predicted molar refractivity (Wildman–Crippen MR) is 90.7 cm³/mol. The van der Waals surface area contributed by atoms with E-state index in [9.17, 15) is 9.59 Å². The summed E-state index contributed by atoms with van der Waals surface area (Å²) in [5.41, 5.74) is 1.54. The molecule has 0 aliphatic carbocycles. The van der Waals surface area contributed by atoms with E-state index in [-0.39, 0.29) is 11.8 Å². The zero-order valence-electron chi connectivity index (χ0n) is 13.6. The van der Waals surface area contributed by atoms with Crippen molar-refractivity contribution >= 4 is 17.5 Å². The molecule has 2 heterocycles. The van der Waals surface area contributed by atoms with E-state index in [0.717, 1.165) is 31.6 Å². The Bertz CT molecular complexity index is 550. The fraction of sp³-hybridized carbons (Fsp3) is 0.556. The lowest BCUT2D eigenvalue weighted by Gasteiger charge is -2.16. The Kier molecular flexibility index (Phi) is 5.28. The van der Waals surface area contributed by atoms with Gasteiger partial charge < -0.3 is 15.1 Å². The van der Waals surface area contributed by atoms with E-state index in [4.69, 9.17) is 0 Å². The first kappa shape index (κ1) is 16.0. The number of rotatable bonds is 6. The van der Waals surface area contributed by atoms with Crippen LogP contribution in [0.3, 0.4) is 0 Å². The first-order valence-corrected chi connectivity index (χ1v) is 8.65. The molecule has 2 aliphatic heterocycles. The van der Waals surface area contributed by atoms with Crippen LogP contribution in [0.25, 0.3) is 0 Å². The molecule has 0 unspecified atom stereocenters. The Morgan fingerprint density at radius 1 is 1.04 bits per heavy atom. The molecule has 1 N–H and O–H groups in total. The highest BCUT2D eigenvalue weighted by Gasteiger charge is 2.21. The van der Waals surface area contributed by atoms with Crippen molar-refractivity contribution in [3.05, 3.63) is 29.8 Å². The molecule has 0 bridgehead atoms. The highest BCUT2D eigenvalue weighted by atomic mass is 16.2. The molecular weight excluding hydrogens is 290 g/mol. The van der Waals surface area contributed by atoms with E-state index >= 15 is 0 Å². The predicted octanol–water partition coefficient (Wildman–Crippen LogP) is 2.03. The zero-order valence-corrected chi connectivity index (χ0v) is 13.6. The third-order valence-electron chi connectivity index (χ3n) is 4.65. The minimum atomic E-state index is -0.0364. The van der Waals surface area contributed by atoms with E-state index < -0.39 is 0 Å². The normalized spacial score (nSPS) is 18.6. The van der Waals surface area contributed by atoms with Gasteiger partial charge in [0.05, 0.1) is 0 Å². The number of hydrogen-bond acceptors (Lipinski definition) is 3. The van der Waals surface area contributed by atoms with Gasteiger partial charge in [-0.2, -0.15) is 0 Å². The van der Waals surface area contributed by atoms with Gasteiger partial charge in [-0.15, -0.1) is 0 Å². The molecule has 0 radical (unpaired) electrons. The number of carbonyl (C=O) groups excluding carboxylic acids is 2. The minimum Gasteiger partial charge on any atom is -0.352 e. The number of likely N-dealkylation sites (tertiary alicyclic amines) is 1. The number of carbonyl (C=O) groups is 2. The van der Waals surface area contributed by atoms with E-state index in [0.29, 0.717) is 18.5 Å². The molecule has 1 aromatic carbocycles. The lowest BCUT2D eigenvalue weighted by atomic mass is 10.2. The molecule has 2 amide bonds. The van der Waals surface area contributed by atoms with Crippen molar-refractivity contribution in [2.45, 2.75) is 32.1 Å². The molecule has 0 aromatic heterocycles. The van der Waals surface area contributed by atoms with Gasteiger partial charge in [-0.3, -0.25) is 9.59 Å². The highest BCUT2D eigenvalue weighted by Crippen LogP contribution is 2.21. The highest BCUT2D eigenvalue weighted by molar-refractivity contribution is 5.97. The number of anilines is 1. The number of benzene rings is 1. The quantitative estimate of drug-likeness (QED) is 0.817. The van der Waals surface area contributed by atoms with Crippen molar-refractivity contribution in [1.29, 1.82) is 0 Å². The van der Waals surface area contributed by atoms with E-state index in [1.54, 1.807) is 17.0 Å². The molecule has 0 saturated carbocycles. The van der Waals surface area contributed by atoms with Crippen LogP contribution >= 0.6 is 0 Å². The summed E-state index contributed by atoms with van der Waals surface area (Å²) in [4.78, 5) is 28.1. The second kappa shape index (κ2) is 7.59. The molecule has 2 aliphatic rings. The van der Waals surface area contributed by atoms with Crippen LogP contribution in [0.1, 0.15) is 42.5 Å². The van der Waals surface area contributed by atoms with Crippen molar-refractivity contribution in [3.63, 3.8) is 0 Å². The SMILES string of the molecule is O=C(NCCCN1CCCC1)c1ccc(N2CCCC2=O)cc1. The third kappa shape index (κ3) is 4.10. The first-order valence-electron chi connectivity index (χ1n) is 8.65. The van der Waals surface area contributed by atoms with Crippen LogP contribution in [-0.4, -0.2) is 49.4 Å². The lowest BCUT2D eigenvalue weighted by Crippen LogP contribution is -2.28. The number of nitrogens with zero attached hydrogens (tertiary/aromatic N) is 2. The molecule has 0 spiro atoms. The van der Waals surface area contributed by atoms with E-state index in [1.165, 1.54) is 25.9 Å². The van der Waals surface area contributed by atoms with E-state index in [2.05, 4.69) is 10.2 Å². The molecule has 2 fully saturated rings. The van der Waals surface area contributed by atoms with Gasteiger partial charge in [0.25, 0.3) is 5.91 Å². The van der Waals surface area contributed by atoms with Crippen molar-refractivity contribution in [2.75, 3.05) is 37.6 Å². The average molecular weight is 315 g/mol. The van der Waals surface area contributed by atoms with Gasteiger partial charge in [-0.25, -0.2) is 0 Å². The summed E-state index contributed by atoms with van der Waals surface area (Å²) >= 11 is 0. The van der Waals surface area contributed by atoms with Crippen LogP contribution in [0.15, 0.2) is 24.3 Å². The fourth-order valence-corrected chi connectivity index (χ4v) is 3.33. The summed E-state index contributed by atoms with van der Waals surface area (Å²) in [6.45, 7) is 4.95. The van der Waals surface area contributed by atoms with Crippen molar-refractivity contribution in [2.24, 2.45) is 0 Å². The monoisotopic (exact) mass is 315 g/mol. The average Bonchev–Trinajstić information content (AvgIpc) is 3.23. The fourth-order valence-electron chi connectivity index (χ4n) is 3.33. The first-order chi connectivity index (χ1) is 11.2. The van der Waals surface area contributed by atoms with Gasteiger partial charge in [0, 0.05) is 30.8 Å². The Morgan fingerprint density at radius 2 is 1.78 bits per heavy atom. The van der Waals surface area contributed by atoms with Gasteiger partial charge >= 0.3 is 0 Å². The van der Waals surface area contributed by atoms with Crippen LogP contribution in [0.2, 0.25) is 0 Å². The summed E-state index contributed by atoms with van der Waals surface area (Å²) in [7, 11) is 0. The minimum absolute atomic E-state index is 0.0364. The molecule has 5 heteroatoms. The maximum Gasteiger partial charge on any atom is 0.251 e. The third-order valence-corrected chi connectivity index (χ3v) is 4.65. The second-order valence-electron chi connectivity index (χ2n) is 6.35. The molecule has 3 rings (SSSR count). The molecule has 0 atom stereocenters. The van der Waals surface area contributed by atoms with Crippen molar-refractivity contribution in [3.8, 4) is 0 Å². The largest absolute Gasteiger partial charge is 0.352 e. The Labute approximate surface area is 137 Å². The Balaban J connectivity index is 1.44. The molecule has 5 nitrogen and oxygen atoms in total. The van der Waals surface area contributed by atoms with Gasteiger partial charge in [-0.1, -0.05) is 0 Å². The zero-order chi connectivity index (χ0) is 16.1. The number of hydrogen-bond donors (Lipinski definition) is 1. The summed E-state index contributed by atoms with van der Waals surface area (Å²) in [6, 6.07) is 7.33. The van der Waals surface area contributed by atoms with Crippen molar-refractivity contribution < 1.29 is 9.59 Å². The summed E-state index contributed by atoms with van der Waals surface area (Å²) < 4.78 is 0. The maximum absolute atomic E-state index is 12.1. The summed E-state index contributed by atoms with van der Waals surface area (Å²) in [5.74, 6) is 0.134. The standard InChI is InChI=1S/C18H25N3O2/c22-17-5-3-14-21(17)16-8-6-15(7-9-16)18(23)19-10-4-13-20-11-1-2-12-20/h6-9H,1-5,10-14H2,(H,19,23). The topological polar surface area (TPSA) is 52.7 Å². The summed E-state index contributed by atoms with van der Waals surface area (Å²) in [6.07, 6.45) is 5.14. The number of amides is 2. The second-order valence-corrected chi connectivity index (χ2v) is 6.35. The van der Waals surface area contributed by atoms with Gasteiger partial charge in [0.2, 0.25) is 5.91 Å². The number of nitrogens with one attached hydrogen (secondary N) is 1. The Morgan fingerprint density at radius 3 is 2.43 bits per heavy atom. The van der Waals surface area contributed by atoms with Crippen LogP contribution < -0.4 is 10.2 Å². The van der Waals surface area contributed by atoms with E-state index in [1.807, 2.05) is 12.1 Å². The van der Waals surface area contributed by atoms with Gasteiger partial charge in [0.1, 0.15) is 0 Å². The molecular formula is C18H25N3O2. The molecule has 124 valence electrons. The van der Waals surface area contributed by atoms with Crippen LogP contribution in [0, 0.1) is 0 Å². The van der Waals surface area contributed by atoms with Crippen LogP contribution in [0.5, 0.6) is 0 Å². The maximum atomic E-state index is 12.1. The molecule has 2 saturated heterocycles.